The van der Waals surface area contributed by atoms with Crippen LogP contribution in [0.2, 0.25) is 0 Å². The van der Waals surface area contributed by atoms with Crippen LogP contribution in [0.3, 0.4) is 0 Å². The van der Waals surface area contributed by atoms with Crippen molar-refractivity contribution < 1.29 is 4.79 Å². The predicted molar refractivity (Wildman–Crippen MR) is 144 cm³/mol. The van der Waals surface area contributed by atoms with Crippen molar-refractivity contribution in [1.82, 2.24) is 24.1 Å². The predicted octanol–water partition coefficient (Wildman–Crippen LogP) is 5.15. The number of para-hydroxylation sites is 2. The lowest BCUT2D eigenvalue weighted by Gasteiger charge is -2.16. The molecule has 0 unspecified atom stereocenters. The molecular formula is C28H27N5O2S. The molecule has 3 aromatic carbocycles. The third-order valence-corrected chi connectivity index (χ3v) is 7.17. The number of carbonyl (C=O) groups excluding carboxylic acids is 1. The number of hydrogen-bond acceptors (Lipinski definition) is 5. The van der Waals surface area contributed by atoms with Gasteiger partial charge in [0.25, 0.3) is 11.5 Å². The summed E-state index contributed by atoms with van der Waals surface area (Å²) in [5.74, 6) is 1.34. The van der Waals surface area contributed by atoms with Crippen molar-refractivity contribution in [2.24, 2.45) is 0 Å². The minimum Gasteiger partial charge on any atom is -0.345 e. The van der Waals surface area contributed by atoms with Gasteiger partial charge in [-0.05, 0) is 47.4 Å². The quantitative estimate of drug-likeness (QED) is 0.303. The Morgan fingerprint density at radius 1 is 0.944 bits per heavy atom. The molecule has 0 aliphatic rings. The Labute approximate surface area is 213 Å². The van der Waals surface area contributed by atoms with Crippen LogP contribution in [-0.2, 0) is 5.75 Å². The van der Waals surface area contributed by atoms with Gasteiger partial charge in [0, 0.05) is 25.4 Å². The van der Waals surface area contributed by atoms with E-state index in [4.69, 9.17) is 0 Å². The number of benzene rings is 3. The third-order valence-electron chi connectivity index (χ3n) is 6.17. The van der Waals surface area contributed by atoms with Gasteiger partial charge >= 0.3 is 0 Å². The number of aromatic nitrogens is 4. The zero-order valence-electron chi connectivity index (χ0n) is 20.7. The second-order valence-electron chi connectivity index (χ2n) is 9.17. The number of hydrogen-bond donors (Lipinski definition) is 0. The minimum atomic E-state index is -0.115. The highest BCUT2D eigenvalue weighted by Gasteiger charge is 2.20. The van der Waals surface area contributed by atoms with Gasteiger partial charge in [0.15, 0.2) is 5.16 Å². The van der Waals surface area contributed by atoms with Crippen LogP contribution in [0.5, 0.6) is 0 Å². The van der Waals surface area contributed by atoms with Crippen molar-refractivity contribution in [3.05, 3.63) is 99.8 Å². The number of thioether (sulfide) groups is 1. The van der Waals surface area contributed by atoms with Crippen molar-refractivity contribution in [2.75, 3.05) is 14.1 Å². The summed E-state index contributed by atoms with van der Waals surface area (Å²) in [6.07, 6.45) is 0. The average molecular weight is 498 g/mol. The minimum absolute atomic E-state index is 0.0243. The van der Waals surface area contributed by atoms with Gasteiger partial charge in [0.05, 0.1) is 16.6 Å². The molecule has 0 N–H and O–H groups in total. The van der Waals surface area contributed by atoms with Crippen LogP contribution in [0.15, 0.2) is 82.7 Å². The molecular weight excluding hydrogens is 470 g/mol. The molecule has 1 amide bonds. The van der Waals surface area contributed by atoms with Crippen molar-refractivity contribution in [2.45, 2.75) is 30.7 Å². The maximum absolute atomic E-state index is 13.7. The number of fused-ring (bicyclic) bond motifs is 3. The lowest BCUT2D eigenvalue weighted by atomic mass is 10.0. The first-order valence-corrected chi connectivity index (χ1v) is 12.8. The van der Waals surface area contributed by atoms with Crippen LogP contribution in [0.1, 0.15) is 41.3 Å². The normalized spacial score (nSPS) is 11.5. The molecule has 0 saturated heterocycles. The van der Waals surface area contributed by atoms with Crippen LogP contribution in [0.4, 0.5) is 0 Å². The Hall–Kier alpha value is -3.91. The van der Waals surface area contributed by atoms with E-state index in [0.29, 0.717) is 27.6 Å². The zero-order valence-corrected chi connectivity index (χ0v) is 21.5. The molecule has 0 saturated carbocycles. The van der Waals surface area contributed by atoms with Gasteiger partial charge in [-0.15, -0.1) is 10.2 Å². The molecule has 7 nitrogen and oxygen atoms in total. The molecule has 0 bridgehead atoms. The highest BCUT2D eigenvalue weighted by Crippen LogP contribution is 2.28. The SMILES string of the molecule is CC(C)c1ccccc1-n1c(=O)c2ccccc2n2c(SCc3ccc(C(=O)N(C)C)cc3)nnc12. The molecule has 0 aliphatic heterocycles. The lowest BCUT2D eigenvalue weighted by Crippen LogP contribution is -2.23. The van der Waals surface area contributed by atoms with E-state index in [1.54, 1.807) is 35.3 Å². The fourth-order valence-electron chi connectivity index (χ4n) is 4.32. The number of carbonyl (C=O) groups is 1. The Bertz CT molecular complexity index is 1630. The molecule has 0 radical (unpaired) electrons. The molecule has 2 aromatic heterocycles. The second kappa shape index (κ2) is 9.62. The maximum Gasteiger partial charge on any atom is 0.267 e. The molecule has 36 heavy (non-hydrogen) atoms. The lowest BCUT2D eigenvalue weighted by molar-refractivity contribution is 0.0827. The molecule has 0 fully saturated rings. The molecule has 0 spiro atoms. The first-order chi connectivity index (χ1) is 17.4. The van der Waals surface area contributed by atoms with E-state index >= 15 is 0 Å². The van der Waals surface area contributed by atoms with Crippen molar-refractivity contribution in [3.8, 4) is 5.69 Å². The number of rotatable bonds is 6. The van der Waals surface area contributed by atoms with Gasteiger partial charge in [-0.2, -0.15) is 0 Å². The summed E-state index contributed by atoms with van der Waals surface area (Å²) in [5, 5.41) is 10.3. The van der Waals surface area contributed by atoms with Gasteiger partial charge in [0.2, 0.25) is 5.78 Å². The summed E-state index contributed by atoms with van der Waals surface area (Å²) in [6, 6.07) is 23.1. The van der Waals surface area contributed by atoms with Crippen LogP contribution in [0.25, 0.3) is 22.4 Å². The van der Waals surface area contributed by atoms with E-state index in [1.807, 2.05) is 71.1 Å². The zero-order chi connectivity index (χ0) is 25.4. The van der Waals surface area contributed by atoms with Gasteiger partial charge in [0.1, 0.15) is 0 Å². The van der Waals surface area contributed by atoms with E-state index in [9.17, 15) is 9.59 Å². The highest BCUT2D eigenvalue weighted by molar-refractivity contribution is 7.98. The molecule has 8 heteroatoms. The Balaban J connectivity index is 1.60. The summed E-state index contributed by atoms with van der Waals surface area (Å²) in [6.45, 7) is 4.23. The maximum atomic E-state index is 13.7. The topological polar surface area (TPSA) is 72.5 Å². The van der Waals surface area contributed by atoms with Crippen LogP contribution in [0, 0.1) is 0 Å². The van der Waals surface area contributed by atoms with Gasteiger partial charge in [-0.25, -0.2) is 4.57 Å². The summed E-state index contributed by atoms with van der Waals surface area (Å²) >= 11 is 1.54. The summed E-state index contributed by atoms with van der Waals surface area (Å²) in [7, 11) is 3.48. The molecule has 2 heterocycles. The third kappa shape index (κ3) is 4.18. The van der Waals surface area contributed by atoms with E-state index < -0.39 is 0 Å². The second-order valence-corrected chi connectivity index (χ2v) is 10.1. The molecule has 182 valence electrons. The Morgan fingerprint density at radius 2 is 1.64 bits per heavy atom. The van der Waals surface area contributed by atoms with Crippen molar-refractivity contribution >= 4 is 34.3 Å². The van der Waals surface area contributed by atoms with Crippen molar-refractivity contribution in [1.29, 1.82) is 0 Å². The van der Waals surface area contributed by atoms with Crippen LogP contribution < -0.4 is 5.56 Å². The summed E-state index contributed by atoms with van der Waals surface area (Å²) < 4.78 is 3.64. The first kappa shape index (κ1) is 23.8. The summed E-state index contributed by atoms with van der Waals surface area (Å²) in [5.41, 5.74) is 4.27. The number of amides is 1. The molecule has 0 atom stereocenters. The summed E-state index contributed by atoms with van der Waals surface area (Å²) in [4.78, 5) is 27.4. The Morgan fingerprint density at radius 3 is 2.36 bits per heavy atom. The van der Waals surface area contributed by atoms with Gasteiger partial charge in [-0.1, -0.05) is 68.1 Å². The van der Waals surface area contributed by atoms with Crippen LogP contribution >= 0.6 is 11.8 Å². The average Bonchev–Trinajstić information content (AvgIpc) is 3.31. The fraction of sp³-hybridized carbons (Fsp3) is 0.214. The molecule has 5 rings (SSSR count). The standard InChI is InChI=1S/C28H27N5O2S/c1-18(2)21-9-5-7-11-23(21)32-26(35)22-10-6-8-12-24(22)33-27(32)29-30-28(33)36-17-19-13-15-20(16-14-19)25(34)31(3)4/h5-16,18H,17H2,1-4H3. The number of nitrogens with zero attached hydrogens (tertiary/aromatic N) is 5. The first-order valence-electron chi connectivity index (χ1n) is 11.8. The van der Waals surface area contributed by atoms with E-state index in [1.165, 1.54) is 0 Å². The molecule has 0 aliphatic carbocycles. The van der Waals surface area contributed by atoms with E-state index in [-0.39, 0.29) is 17.4 Å². The monoisotopic (exact) mass is 497 g/mol. The van der Waals surface area contributed by atoms with Crippen LogP contribution in [-0.4, -0.2) is 44.1 Å². The van der Waals surface area contributed by atoms with Crippen molar-refractivity contribution in [3.63, 3.8) is 0 Å². The van der Waals surface area contributed by atoms with Gasteiger partial charge < -0.3 is 4.90 Å². The highest BCUT2D eigenvalue weighted by atomic mass is 32.2. The molecule has 5 aromatic rings. The van der Waals surface area contributed by atoms with E-state index in [0.717, 1.165) is 22.3 Å². The smallest absolute Gasteiger partial charge is 0.267 e. The largest absolute Gasteiger partial charge is 0.345 e. The van der Waals surface area contributed by atoms with E-state index in [2.05, 4.69) is 30.1 Å². The van der Waals surface area contributed by atoms with Gasteiger partial charge in [-0.3, -0.25) is 14.0 Å². The fourth-order valence-corrected chi connectivity index (χ4v) is 5.21. The Kier molecular flexibility index (Phi) is 6.36.